The molecule has 1 amide bonds. The highest BCUT2D eigenvalue weighted by atomic mass is 32.2. The van der Waals surface area contributed by atoms with Crippen molar-refractivity contribution in [2.24, 2.45) is 5.92 Å². The second kappa shape index (κ2) is 9.96. The van der Waals surface area contributed by atoms with Crippen LogP contribution in [0, 0.1) is 5.92 Å². The number of anilines is 1. The van der Waals surface area contributed by atoms with E-state index in [0.29, 0.717) is 43.8 Å². The van der Waals surface area contributed by atoms with Crippen LogP contribution in [-0.2, 0) is 26.1 Å². The molecule has 0 unspecified atom stereocenters. The van der Waals surface area contributed by atoms with Gasteiger partial charge in [0.15, 0.2) is 0 Å². The Hall–Kier alpha value is -2.87. The first-order chi connectivity index (χ1) is 14.8. The van der Waals surface area contributed by atoms with Crippen molar-refractivity contribution in [3.63, 3.8) is 0 Å². The minimum absolute atomic E-state index is 0.122. The summed E-state index contributed by atoms with van der Waals surface area (Å²) in [5.41, 5.74) is 1.87. The SMILES string of the molecule is CCOC(=O)C1CCN(C(=O)c2ccc(N(Cc3ccccc3)S(C)(=O)=O)cc2)CC1. The van der Waals surface area contributed by atoms with E-state index in [1.54, 1.807) is 36.1 Å². The van der Waals surface area contributed by atoms with Gasteiger partial charge in [0.1, 0.15) is 0 Å². The van der Waals surface area contributed by atoms with Crippen molar-refractivity contribution in [1.29, 1.82) is 0 Å². The van der Waals surface area contributed by atoms with Crippen molar-refractivity contribution in [3.05, 3.63) is 65.7 Å². The Morgan fingerprint density at radius 2 is 1.65 bits per heavy atom. The molecular weight excluding hydrogens is 416 g/mol. The van der Waals surface area contributed by atoms with E-state index in [-0.39, 0.29) is 24.3 Å². The predicted molar refractivity (Wildman–Crippen MR) is 119 cm³/mol. The van der Waals surface area contributed by atoms with Gasteiger partial charge in [0.2, 0.25) is 10.0 Å². The van der Waals surface area contributed by atoms with Crippen LogP contribution in [-0.4, -0.2) is 51.1 Å². The summed E-state index contributed by atoms with van der Waals surface area (Å²) in [6.45, 7) is 3.35. The van der Waals surface area contributed by atoms with E-state index in [1.165, 1.54) is 10.6 Å². The van der Waals surface area contributed by atoms with Crippen molar-refractivity contribution >= 4 is 27.6 Å². The van der Waals surface area contributed by atoms with E-state index in [2.05, 4.69) is 0 Å². The number of ether oxygens (including phenoxy) is 1. The summed E-state index contributed by atoms with van der Waals surface area (Å²) in [6, 6.07) is 16.0. The minimum Gasteiger partial charge on any atom is -0.466 e. The van der Waals surface area contributed by atoms with E-state index in [9.17, 15) is 18.0 Å². The fourth-order valence-corrected chi connectivity index (χ4v) is 4.57. The molecule has 0 saturated carbocycles. The van der Waals surface area contributed by atoms with Gasteiger partial charge in [-0.15, -0.1) is 0 Å². The van der Waals surface area contributed by atoms with Crippen LogP contribution in [0.2, 0.25) is 0 Å². The zero-order valence-corrected chi connectivity index (χ0v) is 18.7. The summed E-state index contributed by atoms with van der Waals surface area (Å²) in [5, 5.41) is 0. The van der Waals surface area contributed by atoms with Gasteiger partial charge in [0.25, 0.3) is 5.91 Å². The molecule has 0 radical (unpaired) electrons. The molecule has 0 aliphatic carbocycles. The van der Waals surface area contributed by atoms with Gasteiger partial charge < -0.3 is 9.64 Å². The van der Waals surface area contributed by atoms with Crippen LogP contribution in [0.3, 0.4) is 0 Å². The van der Waals surface area contributed by atoms with Crippen molar-refractivity contribution in [3.8, 4) is 0 Å². The Morgan fingerprint density at radius 3 is 2.19 bits per heavy atom. The topological polar surface area (TPSA) is 84.0 Å². The summed E-state index contributed by atoms with van der Waals surface area (Å²) in [5.74, 6) is -0.478. The molecule has 2 aromatic carbocycles. The number of piperidine rings is 1. The third kappa shape index (κ3) is 5.85. The van der Waals surface area contributed by atoms with E-state index in [0.717, 1.165) is 5.56 Å². The maximum atomic E-state index is 12.8. The summed E-state index contributed by atoms with van der Waals surface area (Å²) in [7, 11) is -3.49. The van der Waals surface area contributed by atoms with Crippen LogP contribution in [0.15, 0.2) is 54.6 Å². The average Bonchev–Trinajstić information content (AvgIpc) is 2.77. The average molecular weight is 445 g/mol. The van der Waals surface area contributed by atoms with Crippen molar-refractivity contribution < 1.29 is 22.7 Å². The highest BCUT2D eigenvalue weighted by Gasteiger charge is 2.28. The molecule has 7 nitrogen and oxygen atoms in total. The molecule has 0 bridgehead atoms. The fourth-order valence-electron chi connectivity index (χ4n) is 3.68. The molecule has 0 N–H and O–H groups in total. The number of nitrogens with zero attached hydrogens (tertiary/aromatic N) is 2. The molecule has 1 heterocycles. The Labute approximate surface area is 183 Å². The quantitative estimate of drug-likeness (QED) is 0.613. The molecule has 1 aliphatic heterocycles. The number of likely N-dealkylation sites (tertiary alicyclic amines) is 1. The number of carbonyl (C=O) groups is 2. The van der Waals surface area contributed by atoms with Gasteiger partial charge in [-0.1, -0.05) is 30.3 Å². The van der Waals surface area contributed by atoms with Crippen molar-refractivity contribution in [2.75, 3.05) is 30.3 Å². The van der Waals surface area contributed by atoms with E-state index in [4.69, 9.17) is 4.74 Å². The molecule has 0 atom stereocenters. The highest BCUT2D eigenvalue weighted by molar-refractivity contribution is 7.92. The van der Waals surface area contributed by atoms with Crippen LogP contribution < -0.4 is 4.31 Å². The van der Waals surface area contributed by atoms with Crippen LogP contribution in [0.4, 0.5) is 5.69 Å². The van der Waals surface area contributed by atoms with Gasteiger partial charge in [0, 0.05) is 18.7 Å². The Balaban J connectivity index is 1.68. The summed E-state index contributed by atoms with van der Waals surface area (Å²) in [4.78, 5) is 26.5. The standard InChI is InChI=1S/C23H28N2O5S/c1-3-30-23(27)20-13-15-24(16-14-20)22(26)19-9-11-21(12-10-19)25(31(2,28)29)17-18-7-5-4-6-8-18/h4-12,20H,3,13-17H2,1-2H3. The molecule has 1 aliphatic rings. The minimum atomic E-state index is -3.49. The smallest absolute Gasteiger partial charge is 0.309 e. The molecule has 31 heavy (non-hydrogen) atoms. The fraction of sp³-hybridized carbons (Fsp3) is 0.391. The molecule has 2 aromatic rings. The Morgan fingerprint density at radius 1 is 1.03 bits per heavy atom. The Bertz CT molecular complexity index is 998. The first kappa shape index (κ1) is 22.8. The number of carbonyl (C=O) groups excluding carboxylic acids is 2. The summed E-state index contributed by atoms with van der Waals surface area (Å²) in [6.07, 6.45) is 2.34. The first-order valence-corrected chi connectivity index (χ1v) is 12.2. The number of hydrogen-bond acceptors (Lipinski definition) is 5. The van der Waals surface area contributed by atoms with Gasteiger partial charge in [-0.3, -0.25) is 13.9 Å². The third-order valence-electron chi connectivity index (χ3n) is 5.37. The van der Waals surface area contributed by atoms with Crippen LogP contribution in [0.5, 0.6) is 0 Å². The largest absolute Gasteiger partial charge is 0.466 e. The zero-order valence-electron chi connectivity index (χ0n) is 17.9. The molecule has 0 spiro atoms. The predicted octanol–water partition coefficient (Wildman–Crippen LogP) is 3.07. The van der Waals surface area contributed by atoms with E-state index >= 15 is 0 Å². The molecule has 166 valence electrons. The summed E-state index contributed by atoms with van der Waals surface area (Å²) >= 11 is 0. The van der Waals surface area contributed by atoms with Crippen LogP contribution in [0.1, 0.15) is 35.7 Å². The Kier molecular flexibility index (Phi) is 7.33. The zero-order chi connectivity index (χ0) is 22.4. The van der Waals surface area contributed by atoms with Crippen molar-refractivity contribution in [2.45, 2.75) is 26.3 Å². The lowest BCUT2D eigenvalue weighted by molar-refractivity contribution is -0.149. The lowest BCUT2D eigenvalue weighted by Gasteiger charge is -2.31. The number of amides is 1. The van der Waals surface area contributed by atoms with Crippen LogP contribution in [0.25, 0.3) is 0 Å². The number of benzene rings is 2. The second-order valence-corrected chi connectivity index (χ2v) is 9.53. The lowest BCUT2D eigenvalue weighted by Crippen LogP contribution is -2.40. The highest BCUT2D eigenvalue weighted by Crippen LogP contribution is 2.24. The molecule has 8 heteroatoms. The number of esters is 1. The second-order valence-electron chi connectivity index (χ2n) is 7.62. The molecule has 0 aromatic heterocycles. The van der Waals surface area contributed by atoms with Gasteiger partial charge in [0.05, 0.1) is 31.0 Å². The van der Waals surface area contributed by atoms with Crippen LogP contribution >= 0.6 is 0 Å². The number of hydrogen-bond donors (Lipinski definition) is 0. The molecule has 1 saturated heterocycles. The van der Waals surface area contributed by atoms with Gasteiger partial charge >= 0.3 is 5.97 Å². The number of sulfonamides is 1. The maximum absolute atomic E-state index is 12.8. The number of rotatable bonds is 7. The lowest BCUT2D eigenvalue weighted by atomic mass is 9.96. The maximum Gasteiger partial charge on any atom is 0.309 e. The molecular formula is C23H28N2O5S. The van der Waals surface area contributed by atoms with E-state index < -0.39 is 10.0 Å². The van der Waals surface area contributed by atoms with Gasteiger partial charge in [-0.25, -0.2) is 8.42 Å². The third-order valence-corrected chi connectivity index (χ3v) is 6.51. The normalized spacial score (nSPS) is 14.8. The van der Waals surface area contributed by atoms with Crippen molar-refractivity contribution in [1.82, 2.24) is 4.90 Å². The molecule has 1 fully saturated rings. The molecule has 3 rings (SSSR count). The van der Waals surface area contributed by atoms with Gasteiger partial charge in [-0.05, 0) is 49.6 Å². The van der Waals surface area contributed by atoms with Gasteiger partial charge in [-0.2, -0.15) is 0 Å². The first-order valence-electron chi connectivity index (χ1n) is 10.4. The summed E-state index contributed by atoms with van der Waals surface area (Å²) < 4.78 is 31.1. The monoisotopic (exact) mass is 444 g/mol. The van der Waals surface area contributed by atoms with E-state index in [1.807, 2.05) is 30.3 Å².